The molecule has 1 saturated heterocycles. The smallest absolute Gasteiger partial charge is 0.243 e. The number of carbonyl (C=O) groups is 1. The van der Waals surface area contributed by atoms with Crippen LogP contribution in [0.3, 0.4) is 0 Å². The van der Waals surface area contributed by atoms with Crippen LogP contribution in [0.5, 0.6) is 5.75 Å². The number of benzene rings is 2. The summed E-state index contributed by atoms with van der Waals surface area (Å²) >= 11 is 0. The molecular formula is C22H28N2O4S. The molecule has 29 heavy (non-hydrogen) atoms. The van der Waals surface area contributed by atoms with Crippen LogP contribution in [0.2, 0.25) is 0 Å². The molecule has 2 aromatic rings. The summed E-state index contributed by atoms with van der Waals surface area (Å²) in [6.45, 7) is 3.51. The Morgan fingerprint density at radius 1 is 1.00 bits per heavy atom. The zero-order chi connectivity index (χ0) is 20.9. The van der Waals surface area contributed by atoms with Crippen LogP contribution in [0.4, 0.5) is 0 Å². The maximum absolute atomic E-state index is 12.9. The number of methoxy groups -OCH3 is 1. The summed E-state index contributed by atoms with van der Waals surface area (Å²) in [5.41, 5.74) is 2.02. The number of carbonyl (C=O) groups excluding carboxylic acids is 1. The van der Waals surface area contributed by atoms with Crippen LogP contribution in [0.1, 0.15) is 24.5 Å². The van der Waals surface area contributed by atoms with Gasteiger partial charge in [0.25, 0.3) is 0 Å². The lowest BCUT2D eigenvalue weighted by Crippen LogP contribution is -2.50. The first kappa shape index (κ1) is 21.3. The van der Waals surface area contributed by atoms with Gasteiger partial charge in [-0.3, -0.25) is 4.79 Å². The van der Waals surface area contributed by atoms with Crippen molar-refractivity contribution >= 4 is 15.9 Å². The molecule has 0 aromatic heterocycles. The van der Waals surface area contributed by atoms with E-state index in [0.717, 1.165) is 29.7 Å². The SMILES string of the molecule is CCCc1ccc(S(=O)(=O)N2CCN(C(=O)Cc3cccc(OC)c3)CC2)cc1. The number of ether oxygens (including phenoxy) is 1. The Hall–Kier alpha value is -2.38. The number of amides is 1. The second-order valence-corrected chi connectivity index (χ2v) is 9.15. The highest BCUT2D eigenvalue weighted by Crippen LogP contribution is 2.20. The number of nitrogens with zero attached hydrogens (tertiary/aromatic N) is 2. The molecule has 0 N–H and O–H groups in total. The predicted octanol–water partition coefficient (Wildman–Crippen LogP) is 2.72. The molecule has 6 nitrogen and oxygen atoms in total. The highest BCUT2D eigenvalue weighted by Gasteiger charge is 2.30. The van der Waals surface area contributed by atoms with E-state index in [0.29, 0.717) is 31.1 Å². The Morgan fingerprint density at radius 2 is 1.69 bits per heavy atom. The summed E-state index contributed by atoms with van der Waals surface area (Å²) in [5.74, 6) is 0.718. The quantitative estimate of drug-likeness (QED) is 0.696. The fourth-order valence-corrected chi connectivity index (χ4v) is 4.93. The van der Waals surface area contributed by atoms with Gasteiger partial charge in [-0.15, -0.1) is 0 Å². The topological polar surface area (TPSA) is 66.9 Å². The van der Waals surface area contributed by atoms with Gasteiger partial charge in [-0.05, 0) is 41.8 Å². The minimum Gasteiger partial charge on any atom is -0.497 e. The Balaban J connectivity index is 1.59. The Morgan fingerprint density at radius 3 is 2.31 bits per heavy atom. The fraction of sp³-hybridized carbons (Fsp3) is 0.409. The van der Waals surface area contributed by atoms with Crippen LogP contribution >= 0.6 is 0 Å². The van der Waals surface area contributed by atoms with Gasteiger partial charge in [-0.1, -0.05) is 37.6 Å². The molecular weight excluding hydrogens is 388 g/mol. The van der Waals surface area contributed by atoms with Crippen LogP contribution in [0.15, 0.2) is 53.4 Å². The Kier molecular flexibility index (Phi) is 6.92. The molecule has 1 aliphatic heterocycles. The fourth-order valence-electron chi connectivity index (χ4n) is 3.51. The van der Waals surface area contributed by atoms with Gasteiger partial charge in [-0.2, -0.15) is 4.31 Å². The number of sulfonamides is 1. The van der Waals surface area contributed by atoms with Crippen LogP contribution < -0.4 is 4.74 Å². The normalized spacial score (nSPS) is 15.3. The molecule has 0 unspecified atom stereocenters. The summed E-state index contributed by atoms with van der Waals surface area (Å²) in [5, 5.41) is 0. The Bertz CT molecular complexity index is 934. The number of rotatable bonds is 7. The number of aryl methyl sites for hydroxylation is 1. The average molecular weight is 417 g/mol. The summed E-state index contributed by atoms with van der Waals surface area (Å²) < 4.78 is 32.5. The molecule has 7 heteroatoms. The predicted molar refractivity (Wildman–Crippen MR) is 112 cm³/mol. The highest BCUT2D eigenvalue weighted by atomic mass is 32.2. The van der Waals surface area contributed by atoms with Crippen molar-refractivity contribution in [1.29, 1.82) is 0 Å². The lowest BCUT2D eigenvalue weighted by Gasteiger charge is -2.34. The van der Waals surface area contributed by atoms with Crippen LogP contribution in [-0.4, -0.2) is 56.8 Å². The number of piperazine rings is 1. The lowest BCUT2D eigenvalue weighted by atomic mass is 10.1. The third-order valence-corrected chi connectivity index (χ3v) is 7.09. The third kappa shape index (κ3) is 5.16. The van der Waals surface area contributed by atoms with Gasteiger partial charge in [0.2, 0.25) is 15.9 Å². The minimum absolute atomic E-state index is 0.000723. The van der Waals surface area contributed by atoms with Crippen molar-refractivity contribution in [3.63, 3.8) is 0 Å². The zero-order valence-corrected chi connectivity index (χ0v) is 17.8. The zero-order valence-electron chi connectivity index (χ0n) is 17.0. The summed E-state index contributed by atoms with van der Waals surface area (Å²) in [6, 6.07) is 14.6. The molecule has 0 aliphatic carbocycles. The molecule has 0 spiro atoms. The van der Waals surface area contributed by atoms with Crippen molar-refractivity contribution in [2.75, 3.05) is 33.3 Å². The van der Waals surface area contributed by atoms with E-state index in [2.05, 4.69) is 6.92 Å². The minimum atomic E-state index is -3.53. The second kappa shape index (κ2) is 9.41. The average Bonchev–Trinajstić information content (AvgIpc) is 2.74. The summed E-state index contributed by atoms with van der Waals surface area (Å²) in [7, 11) is -1.94. The van der Waals surface area contributed by atoms with Crippen molar-refractivity contribution < 1.29 is 17.9 Å². The summed E-state index contributed by atoms with van der Waals surface area (Å²) in [6.07, 6.45) is 2.25. The van der Waals surface area contributed by atoms with Gasteiger partial charge in [0, 0.05) is 26.2 Å². The van der Waals surface area contributed by atoms with Gasteiger partial charge in [0.1, 0.15) is 5.75 Å². The standard InChI is InChI=1S/C22H28N2O4S/c1-3-5-18-8-10-21(11-9-18)29(26,27)24-14-12-23(13-15-24)22(25)17-19-6-4-7-20(16-19)28-2/h4,6-11,16H,3,5,12-15,17H2,1-2H3. The van der Waals surface area contributed by atoms with Crippen molar-refractivity contribution in [1.82, 2.24) is 9.21 Å². The molecule has 0 radical (unpaired) electrons. The van der Waals surface area contributed by atoms with E-state index in [1.807, 2.05) is 36.4 Å². The Labute approximate surface area is 173 Å². The van der Waals surface area contributed by atoms with E-state index >= 15 is 0 Å². The molecule has 1 heterocycles. The molecule has 3 rings (SSSR count). The van der Waals surface area contributed by atoms with Gasteiger partial charge < -0.3 is 9.64 Å². The molecule has 1 fully saturated rings. The van der Waals surface area contributed by atoms with Crippen molar-refractivity contribution in [2.45, 2.75) is 31.1 Å². The first-order chi connectivity index (χ1) is 13.9. The van der Waals surface area contributed by atoms with E-state index in [1.165, 1.54) is 4.31 Å². The molecule has 1 aliphatic rings. The largest absolute Gasteiger partial charge is 0.497 e. The van der Waals surface area contributed by atoms with E-state index in [1.54, 1.807) is 24.1 Å². The number of hydrogen-bond donors (Lipinski definition) is 0. The van der Waals surface area contributed by atoms with Gasteiger partial charge in [0.05, 0.1) is 18.4 Å². The highest BCUT2D eigenvalue weighted by molar-refractivity contribution is 7.89. The van der Waals surface area contributed by atoms with Crippen molar-refractivity contribution in [3.05, 3.63) is 59.7 Å². The lowest BCUT2D eigenvalue weighted by molar-refractivity contribution is -0.131. The molecule has 156 valence electrons. The van der Waals surface area contributed by atoms with Crippen LogP contribution in [0.25, 0.3) is 0 Å². The van der Waals surface area contributed by atoms with Gasteiger partial charge >= 0.3 is 0 Å². The number of hydrogen-bond acceptors (Lipinski definition) is 4. The molecule has 2 aromatic carbocycles. The van der Waals surface area contributed by atoms with E-state index in [-0.39, 0.29) is 12.3 Å². The first-order valence-corrected chi connectivity index (χ1v) is 11.4. The van der Waals surface area contributed by atoms with Gasteiger partial charge in [0.15, 0.2) is 0 Å². The maximum atomic E-state index is 12.9. The third-order valence-electron chi connectivity index (χ3n) is 5.18. The molecule has 0 bridgehead atoms. The summed E-state index contributed by atoms with van der Waals surface area (Å²) in [4.78, 5) is 14.7. The van der Waals surface area contributed by atoms with E-state index < -0.39 is 10.0 Å². The van der Waals surface area contributed by atoms with E-state index in [9.17, 15) is 13.2 Å². The maximum Gasteiger partial charge on any atom is 0.243 e. The molecule has 0 saturated carbocycles. The first-order valence-electron chi connectivity index (χ1n) is 9.94. The van der Waals surface area contributed by atoms with Crippen LogP contribution in [-0.2, 0) is 27.7 Å². The van der Waals surface area contributed by atoms with E-state index in [4.69, 9.17) is 4.74 Å². The van der Waals surface area contributed by atoms with Gasteiger partial charge in [-0.25, -0.2) is 8.42 Å². The molecule has 0 atom stereocenters. The van der Waals surface area contributed by atoms with Crippen molar-refractivity contribution in [3.8, 4) is 5.75 Å². The van der Waals surface area contributed by atoms with Crippen molar-refractivity contribution in [2.24, 2.45) is 0 Å². The monoisotopic (exact) mass is 416 g/mol. The second-order valence-electron chi connectivity index (χ2n) is 7.21. The van der Waals surface area contributed by atoms with Crippen LogP contribution in [0, 0.1) is 0 Å². The molecule has 1 amide bonds.